The molecule has 0 bridgehead atoms. The molecule has 4 heteroatoms. The number of nitrogens with one attached hydrogen (secondary N) is 1. The molecule has 1 aromatic carbocycles. The zero-order valence-corrected chi connectivity index (χ0v) is 11.1. The number of aromatic amines is 1. The van der Waals surface area contributed by atoms with Crippen LogP contribution >= 0.6 is 0 Å². The third-order valence-corrected chi connectivity index (χ3v) is 3.88. The second kappa shape index (κ2) is 5.05. The van der Waals surface area contributed by atoms with Crippen LogP contribution in [0.5, 0.6) is 0 Å². The van der Waals surface area contributed by atoms with Crippen LogP contribution in [0.4, 0.5) is 0 Å². The second-order valence-electron chi connectivity index (χ2n) is 4.97. The summed E-state index contributed by atoms with van der Waals surface area (Å²) in [6, 6.07) is 7.83. The number of likely N-dealkylation sites (tertiary alicyclic amines) is 1. The van der Waals surface area contributed by atoms with E-state index in [1.165, 1.54) is 0 Å². The molecule has 0 radical (unpaired) electrons. The molecular formula is C15H18N2O2. The average Bonchev–Trinajstić information content (AvgIpc) is 2.95. The van der Waals surface area contributed by atoms with Crippen molar-refractivity contribution in [2.24, 2.45) is 0 Å². The summed E-state index contributed by atoms with van der Waals surface area (Å²) in [6.07, 6.45) is 4.01. The summed E-state index contributed by atoms with van der Waals surface area (Å²) in [5.74, 6) is 0.114. The van der Waals surface area contributed by atoms with Gasteiger partial charge in [0.15, 0.2) is 0 Å². The highest BCUT2D eigenvalue weighted by Crippen LogP contribution is 2.21. The maximum atomic E-state index is 12.6. The number of H-pyrrole nitrogens is 1. The molecule has 100 valence electrons. The van der Waals surface area contributed by atoms with Gasteiger partial charge in [0.2, 0.25) is 0 Å². The Hall–Kier alpha value is -1.81. The van der Waals surface area contributed by atoms with Crippen molar-refractivity contribution >= 4 is 16.8 Å². The van der Waals surface area contributed by atoms with Crippen molar-refractivity contribution in [1.29, 1.82) is 0 Å². The molecule has 0 atom stereocenters. The highest BCUT2D eigenvalue weighted by atomic mass is 16.5. The fourth-order valence-electron chi connectivity index (χ4n) is 2.73. The summed E-state index contributed by atoms with van der Waals surface area (Å²) < 4.78 is 5.34. The number of hydrogen-bond acceptors (Lipinski definition) is 2. The Labute approximate surface area is 112 Å². The summed E-state index contributed by atoms with van der Waals surface area (Å²) in [5, 5.41) is 1.08. The summed E-state index contributed by atoms with van der Waals surface area (Å²) in [7, 11) is 1.74. The molecule has 1 N–H and O–H groups in total. The number of para-hydroxylation sites is 1. The molecule has 4 nitrogen and oxygen atoms in total. The molecule has 2 aromatic rings. The van der Waals surface area contributed by atoms with E-state index in [0.29, 0.717) is 6.10 Å². The highest BCUT2D eigenvalue weighted by molar-refractivity contribution is 6.05. The fourth-order valence-corrected chi connectivity index (χ4v) is 2.73. The van der Waals surface area contributed by atoms with Crippen molar-refractivity contribution in [3.63, 3.8) is 0 Å². The van der Waals surface area contributed by atoms with Gasteiger partial charge in [-0.3, -0.25) is 4.79 Å². The van der Waals surface area contributed by atoms with Gasteiger partial charge >= 0.3 is 0 Å². The molecular weight excluding hydrogens is 240 g/mol. The number of carbonyl (C=O) groups excluding carboxylic acids is 1. The number of methoxy groups -OCH3 is 1. The molecule has 0 spiro atoms. The first-order chi connectivity index (χ1) is 9.29. The first-order valence-electron chi connectivity index (χ1n) is 6.68. The maximum absolute atomic E-state index is 12.6. The molecule has 1 saturated heterocycles. The van der Waals surface area contributed by atoms with Crippen LogP contribution in [-0.4, -0.2) is 42.1 Å². The Morgan fingerprint density at radius 3 is 2.84 bits per heavy atom. The van der Waals surface area contributed by atoms with E-state index >= 15 is 0 Å². The number of carbonyl (C=O) groups is 1. The highest BCUT2D eigenvalue weighted by Gasteiger charge is 2.24. The molecule has 1 amide bonds. The van der Waals surface area contributed by atoms with E-state index in [2.05, 4.69) is 4.98 Å². The lowest BCUT2D eigenvalue weighted by molar-refractivity contribution is 0.0352. The minimum Gasteiger partial charge on any atom is -0.381 e. The Balaban J connectivity index is 1.82. The smallest absolute Gasteiger partial charge is 0.255 e. The number of hydrogen-bond donors (Lipinski definition) is 1. The number of nitrogens with zero attached hydrogens (tertiary/aromatic N) is 1. The topological polar surface area (TPSA) is 45.3 Å². The van der Waals surface area contributed by atoms with Crippen molar-refractivity contribution in [2.45, 2.75) is 18.9 Å². The first kappa shape index (κ1) is 12.2. The van der Waals surface area contributed by atoms with Crippen LogP contribution in [-0.2, 0) is 4.74 Å². The van der Waals surface area contributed by atoms with Crippen molar-refractivity contribution in [3.05, 3.63) is 36.0 Å². The molecule has 1 aliphatic heterocycles. The quantitative estimate of drug-likeness (QED) is 0.899. The monoisotopic (exact) mass is 258 g/mol. The second-order valence-corrected chi connectivity index (χ2v) is 4.97. The third-order valence-electron chi connectivity index (χ3n) is 3.88. The van der Waals surface area contributed by atoms with E-state index in [9.17, 15) is 4.79 Å². The van der Waals surface area contributed by atoms with Crippen molar-refractivity contribution < 1.29 is 9.53 Å². The summed E-state index contributed by atoms with van der Waals surface area (Å²) in [5.41, 5.74) is 1.69. The molecule has 0 aliphatic carbocycles. The van der Waals surface area contributed by atoms with Gasteiger partial charge in [-0.2, -0.15) is 0 Å². The van der Waals surface area contributed by atoms with E-state index in [1.807, 2.05) is 35.4 Å². The van der Waals surface area contributed by atoms with Gasteiger partial charge in [-0.25, -0.2) is 0 Å². The van der Waals surface area contributed by atoms with Gasteiger partial charge in [-0.05, 0) is 25.0 Å². The van der Waals surface area contributed by atoms with Crippen LogP contribution in [0.1, 0.15) is 23.2 Å². The van der Waals surface area contributed by atoms with E-state index in [-0.39, 0.29) is 5.91 Å². The third kappa shape index (κ3) is 2.24. The predicted molar refractivity (Wildman–Crippen MR) is 74.2 cm³/mol. The largest absolute Gasteiger partial charge is 0.381 e. The van der Waals surface area contributed by atoms with E-state index in [4.69, 9.17) is 4.74 Å². The number of fused-ring (bicyclic) bond motifs is 1. The standard InChI is InChI=1S/C15H18N2O2/c1-19-12-6-9-17(10-7-12)15(18)13-4-2-3-11-5-8-16-14(11)13/h2-5,8,12,16H,6-7,9-10H2,1H3. The fraction of sp³-hybridized carbons (Fsp3) is 0.400. The van der Waals surface area contributed by atoms with Gasteiger partial charge in [0.25, 0.3) is 5.91 Å². The number of ether oxygens (including phenoxy) is 1. The van der Waals surface area contributed by atoms with Crippen molar-refractivity contribution in [1.82, 2.24) is 9.88 Å². The average molecular weight is 258 g/mol. The zero-order chi connectivity index (χ0) is 13.2. The maximum Gasteiger partial charge on any atom is 0.255 e. The summed E-state index contributed by atoms with van der Waals surface area (Å²) in [6.45, 7) is 1.54. The van der Waals surface area contributed by atoms with Crippen LogP contribution in [0.15, 0.2) is 30.5 Å². The molecule has 3 rings (SSSR count). The van der Waals surface area contributed by atoms with E-state index in [1.54, 1.807) is 7.11 Å². The molecule has 1 fully saturated rings. The normalized spacial score (nSPS) is 17.0. The summed E-state index contributed by atoms with van der Waals surface area (Å²) in [4.78, 5) is 17.6. The minimum atomic E-state index is 0.114. The predicted octanol–water partition coefficient (Wildman–Crippen LogP) is 2.42. The first-order valence-corrected chi connectivity index (χ1v) is 6.68. The SMILES string of the molecule is COC1CCN(C(=O)c2cccc3cc[nH]c23)CC1. The molecule has 1 aromatic heterocycles. The zero-order valence-electron chi connectivity index (χ0n) is 11.1. The van der Waals surface area contributed by atoms with E-state index < -0.39 is 0 Å². The van der Waals surface area contributed by atoms with Gasteiger partial charge in [0, 0.05) is 31.8 Å². The van der Waals surface area contributed by atoms with Crippen LogP contribution in [0.25, 0.3) is 10.9 Å². The van der Waals surface area contributed by atoms with Crippen LogP contribution < -0.4 is 0 Å². The number of amides is 1. The van der Waals surface area contributed by atoms with Crippen molar-refractivity contribution in [2.75, 3.05) is 20.2 Å². The van der Waals surface area contributed by atoms with Crippen LogP contribution in [0, 0.1) is 0 Å². The molecule has 2 heterocycles. The molecule has 0 saturated carbocycles. The number of aromatic nitrogens is 1. The Bertz CT molecular complexity index is 583. The number of piperidine rings is 1. The van der Waals surface area contributed by atoms with Crippen LogP contribution in [0.2, 0.25) is 0 Å². The Kier molecular flexibility index (Phi) is 3.25. The van der Waals surface area contributed by atoms with Gasteiger partial charge < -0.3 is 14.6 Å². The molecule has 1 aliphatic rings. The van der Waals surface area contributed by atoms with Gasteiger partial charge in [0.1, 0.15) is 0 Å². The Morgan fingerprint density at radius 1 is 1.32 bits per heavy atom. The number of benzene rings is 1. The van der Waals surface area contributed by atoms with Gasteiger partial charge in [-0.1, -0.05) is 12.1 Å². The molecule has 19 heavy (non-hydrogen) atoms. The lowest BCUT2D eigenvalue weighted by atomic mass is 10.1. The van der Waals surface area contributed by atoms with Gasteiger partial charge in [0.05, 0.1) is 17.2 Å². The lowest BCUT2D eigenvalue weighted by Gasteiger charge is -2.31. The lowest BCUT2D eigenvalue weighted by Crippen LogP contribution is -2.40. The van der Waals surface area contributed by atoms with Crippen LogP contribution in [0.3, 0.4) is 0 Å². The summed E-state index contributed by atoms with van der Waals surface area (Å²) >= 11 is 0. The minimum absolute atomic E-state index is 0.114. The Morgan fingerprint density at radius 2 is 2.11 bits per heavy atom. The number of rotatable bonds is 2. The van der Waals surface area contributed by atoms with Crippen molar-refractivity contribution in [3.8, 4) is 0 Å². The van der Waals surface area contributed by atoms with Gasteiger partial charge in [-0.15, -0.1) is 0 Å². The molecule has 0 unspecified atom stereocenters. The van der Waals surface area contributed by atoms with E-state index in [0.717, 1.165) is 42.4 Å².